The zero-order chi connectivity index (χ0) is 19.4. The van der Waals surface area contributed by atoms with Crippen LogP contribution >= 0.6 is 22.9 Å². The second-order valence-corrected chi connectivity index (χ2v) is 9.92. The molecule has 0 N–H and O–H groups in total. The maximum absolute atomic E-state index is 12.7. The minimum Gasteiger partial charge on any atom is -0.339 e. The molecule has 2 aliphatic carbocycles. The largest absolute Gasteiger partial charge is 0.339 e. The fraction of sp³-hybridized carbons (Fsp3) is 0.550. The lowest BCUT2D eigenvalue weighted by Gasteiger charge is -2.35. The van der Waals surface area contributed by atoms with Crippen LogP contribution in [-0.4, -0.2) is 65.1 Å². The van der Waals surface area contributed by atoms with Gasteiger partial charge in [0.15, 0.2) is 0 Å². The summed E-state index contributed by atoms with van der Waals surface area (Å²) in [5, 5.41) is 0. The van der Waals surface area contributed by atoms with Gasteiger partial charge in [0.2, 0.25) is 17.7 Å². The Balaban J connectivity index is 1.16. The molecule has 1 aromatic rings. The molecule has 4 atom stereocenters. The Morgan fingerprint density at radius 2 is 1.68 bits per heavy atom. The lowest BCUT2D eigenvalue weighted by molar-refractivity contribution is -0.147. The number of amides is 3. The Morgan fingerprint density at radius 1 is 1.04 bits per heavy atom. The first-order valence-electron chi connectivity index (χ1n) is 9.79. The predicted octanol–water partition coefficient (Wildman–Crippen LogP) is 1.85. The van der Waals surface area contributed by atoms with Crippen molar-refractivity contribution in [2.24, 2.45) is 23.7 Å². The van der Waals surface area contributed by atoms with Crippen LogP contribution in [0.1, 0.15) is 11.3 Å². The smallest absolute Gasteiger partial charge is 0.242 e. The highest BCUT2D eigenvalue weighted by Gasteiger charge is 2.59. The van der Waals surface area contributed by atoms with Gasteiger partial charge in [-0.15, -0.1) is 11.3 Å². The van der Waals surface area contributed by atoms with Crippen molar-refractivity contribution in [2.75, 3.05) is 32.7 Å². The average Bonchev–Trinajstić information content (AvgIpc) is 3.44. The van der Waals surface area contributed by atoms with Gasteiger partial charge < -0.3 is 4.90 Å². The number of likely N-dealkylation sites (tertiary alicyclic amines) is 1. The van der Waals surface area contributed by atoms with Crippen molar-refractivity contribution in [3.05, 3.63) is 33.5 Å². The lowest BCUT2D eigenvalue weighted by atomic mass is 9.85. The highest BCUT2D eigenvalue weighted by atomic mass is 35.5. The SMILES string of the molecule is O=C(CN1C(=O)C2C3C=CC(C3)C2C1=O)N1CCN(Cc2ccc(Cl)s2)CC1. The molecule has 0 aromatic carbocycles. The molecule has 3 heterocycles. The van der Waals surface area contributed by atoms with Gasteiger partial charge in [0.1, 0.15) is 6.54 Å². The second-order valence-electron chi connectivity index (χ2n) is 8.13. The number of hydrogen-bond acceptors (Lipinski definition) is 5. The third kappa shape index (κ3) is 3.00. The molecule has 3 amide bonds. The predicted molar refractivity (Wildman–Crippen MR) is 106 cm³/mol. The van der Waals surface area contributed by atoms with Crippen LogP contribution in [0.5, 0.6) is 0 Å². The maximum Gasteiger partial charge on any atom is 0.242 e. The monoisotopic (exact) mass is 419 g/mol. The Bertz CT molecular complexity index is 831. The number of hydrogen-bond donors (Lipinski definition) is 0. The van der Waals surface area contributed by atoms with E-state index in [0.29, 0.717) is 13.1 Å². The molecule has 6 nitrogen and oxygen atoms in total. The molecule has 3 fully saturated rings. The number of nitrogens with zero attached hydrogens (tertiary/aromatic N) is 3. The van der Waals surface area contributed by atoms with E-state index in [2.05, 4.69) is 17.1 Å². The van der Waals surface area contributed by atoms with Crippen molar-refractivity contribution in [3.8, 4) is 0 Å². The third-order valence-electron chi connectivity index (χ3n) is 6.59. The van der Waals surface area contributed by atoms with E-state index in [1.54, 1.807) is 16.2 Å². The van der Waals surface area contributed by atoms with E-state index in [9.17, 15) is 14.4 Å². The van der Waals surface area contributed by atoms with E-state index >= 15 is 0 Å². The molecule has 2 bridgehead atoms. The van der Waals surface area contributed by atoms with Crippen molar-refractivity contribution in [1.82, 2.24) is 14.7 Å². The van der Waals surface area contributed by atoms with Gasteiger partial charge >= 0.3 is 0 Å². The first kappa shape index (κ1) is 18.3. The first-order chi connectivity index (χ1) is 13.5. The van der Waals surface area contributed by atoms with E-state index in [4.69, 9.17) is 11.6 Å². The zero-order valence-electron chi connectivity index (χ0n) is 15.4. The molecule has 4 unspecified atom stereocenters. The summed E-state index contributed by atoms with van der Waals surface area (Å²) < 4.78 is 0.789. The van der Waals surface area contributed by atoms with E-state index in [1.807, 2.05) is 12.1 Å². The number of rotatable bonds is 4. The summed E-state index contributed by atoms with van der Waals surface area (Å²) in [7, 11) is 0. The fourth-order valence-corrected chi connectivity index (χ4v) is 6.30. The number of fused-ring (bicyclic) bond motifs is 5. The van der Waals surface area contributed by atoms with E-state index in [0.717, 1.165) is 30.4 Å². The minimum absolute atomic E-state index is 0.107. The van der Waals surface area contributed by atoms with Crippen LogP contribution in [0.25, 0.3) is 0 Å². The molecule has 2 saturated heterocycles. The molecule has 1 saturated carbocycles. The number of carbonyl (C=O) groups is 3. The molecule has 0 radical (unpaired) electrons. The van der Waals surface area contributed by atoms with E-state index in [1.165, 1.54) is 9.78 Å². The van der Waals surface area contributed by atoms with Gasteiger partial charge in [-0.25, -0.2) is 0 Å². The van der Waals surface area contributed by atoms with Gasteiger partial charge in [0.05, 0.1) is 16.2 Å². The van der Waals surface area contributed by atoms with Crippen LogP contribution < -0.4 is 0 Å². The zero-order valence-corrected chi connectivity index (χ0v) is 17.0. The van der Waals surface area contributed by atoms with Crippen LogP contribution in [0.3, 0.4) is 0 Å². The van der Waals surface area contributed by atoms with Crippen LogP contribution in [0.15, 0.2) is 24.3 Å². The Morgan fingerprint density at radius 3 is 2.25 bits per heavy atom. The molecule has 0 spiro atoms. The molecular weight excluding hydrogens is 398 g/mol. The molecule has 28 heavy (non-hydrogen) atoms. The van der Waals surface area contributed by atoms with Crippen molar-refractivity contribution in [3.63, 3.8) is 0 Å². The highest BCUT2D eigenvalue weighted by molar-refractivity contribution is 7.16. The van der Waals surface area contributed by atoms with Gasteiger partial charge in [0, 0.05) is 37.6 Å². The molecule has 5 rings (SSSR count). The normalized spacial score (nSPS) is 31.9. The van der Waals surface area contributed by atoms with Gasteiger partial charge in [-0.1, -0.05) is 23.8 Å². The molecule has 1 aromatic heterocycles. The summed E-state index contributed by atoms with van der Waals surface area (Å²) in [5.74, 6) is -0.515. The summed E-state index contributed by atoms with van der Waals surface area (Å²) in [6.07, 6.45) is 5.05. The van der Waals surface area contributed by atoms with Crippen LogP contribution in [-0.2, 0) is 20.9 Å². The summed E-state index contributed by atoms with van der Waals surface area (Å²) >= 11 is 7.57. The fourth-order valence-electron chi connectivity index (χ4n) is 5.17. The van der Waals surface area contributed by atoms with E-state index in [-0.39, 0.29) is 47.9 Å². The molecule has 148 valence electrons. The van der Waals surface area contributed by atoms with Gasteiger partial charge in [-0.05, 0) is 30.4 Å². The first-order valence-corrected chi connectivity index (χ1v) is 11.0. The summed E-state index contributed by atoms with van der Waals surface area (Å²) in [6.45, 7) is 3.53. The van der Waals surface area contributed by atoms with Crippen LogP contribution in [0.4, 0.5) is 0 Å². The lowest BCUT2D eigenvalue weighted by Crippen LogP contribution is -2.51. The second kappa shape index (κ2) is 6.97. The number of thiophene rings is 1. The summed E-state index contributed by atoms with van der Waals surface area (Å²) in [6, 6.07) is 3.94. The van der Waals surface area contributed by atoms with Gasteiger partial charge in [-0.3, -0.25) is 24.2 Å². The van der Waals surface area contributed by atoms with Gasteiger partial charge in [-0.2, -0.15) is 0 Å². The van der Waals surface area contributed by atoms with Crippen molar-refractivity contribution in [1.29, 1.82) is 0 Å². The minimum atomic E-state index is -0.232. The van der Waals surface area contributed by atoms with Gasteiger partial charge in [0.25, 0.3) is 0 Å². The third-order valence-corrected chi connectivity index (χ3v) is 7.80. The Kier molecular flexibility index (Phi) is 4.56. The summed E-state index contributed by atoms with van der Waals surface area (Å²) in [4.78, 5) is 44.7. The van der Waals surface area contributed by atoms with Crippen LogP contribution in [0.2, 0.25) is 4.34 Å². The van der Waals surface area contributed by atoms with Crippen molar-refractivity contribution >= 4 is 40.7 Å². The van der Waals surface area contributed by atoms with Crippen LogP contribution in [0, 0.1) is 23.7 Å². The number of piperazine rings is 1. The number of allylic oxidation sites excluding steroid dienone is 2. The van der Waals surface area contributed by atoms with E-state index < -0.39 is 0 Å². The number of halogens is 1. The summed E-state index contributed by atoms with van der Waals surface area (Å²) in [5.41, 5.74) is 0. The van der Waals surface area contributed by atoms with Crippen molar-refractivity contribution < 1.29 is 14.4 Å². The average molecular weight is 420 g/mol. The quantitative estimate of drug-likeness (QED) is 0.552. The Labute approximate surface area is 172 Å². The maximum atomic E-state index is 12.7. The number of imide groups is 1. The topological polar surface area (TPSA) is 60.9 Å². The highest BCUT2D eigenvalue weighted by Crippen LogP contribution is 2.52. The molecule has 8 heteroatoms. The van der Waals surface area contributed by atoms with Crippen molar-refractivity contribution in [2.45, 2.75) is 13.0 Å². The standard InChI is InChI=1S/C20H22ClN3O3S/c21-15-4-3-14(28-15)10-22-5-7-23(8-6-22)16(25)11-24-19(26)17-12-1-2-13(9-12)18(17)20(24)27/h1-4,12-13,17-18H,5-11H2. The molecule has 2 aliphatic heterocycles. The Hall–Kier alpha value is -1.70. The molecular formula is C20H22ClN3O3S. The number of carbonyl (C=O) groups excluding carboxylic acids is 3. The molecule has 4 aliphatic rings.